The zero-order valence-corrected chi connectivity index (χ0v) is 16.0. The Morgan fingerprint density at radius 1 is 0.964 bits per heavy atom. The summed E-state index contributed by atoms with van der Waals surface area (Å²) in [6, 6.07) is 19.3. The van der Waals surface area contributed by atoms with Gasteiger partial charge in [-0.15, -0.1) is 0 Å². The van der Waals surface area contributed by atoms with Crippen molar-refractivity contribution < 1.29 is 13.9 Å². The molecule has 1 aliphatic heterocycles. The number of carbonyl (C=O) groups excluding carboxylic acids is 1. The fourth-order valence-electron chi connectivity index (χ4n) is 3.38. The topological polar surface area (TPSA) is 29.5 Å². The molecule has 3 aromatic carbocycles. The van der Waals surface area contributed by atoms with E-state index in [1.165, 1.54) is 12.1 Å². The average molecular weight is 396 g/mol. The molecule has 3 aromatic rings. The molecule has 0 aliphatic carbocycles. The van der Waals surface area contributed by atoms with E-state index in [-0.39, 0.29) is 11.7 Å². The lowest BCUT2D eigenvalue weighted by molar-refractivity contribution is 0.0725. The van der Waals surface area contributed by atoms with Gasteiger partial charge < -0.3 is 9.64 Å². The van der Waals surface area contributed by atoms with Crippen LogP contribution >= 0.6 is 11.6 Å². The number of hydrogen-bond donors (Lipinski definition) is 0. The molecule has 0 unspecified atom stereocenters. The Morgan fingerprint density at radius 2 is 1.68 bits per heavy atom. The molecular formula is C23H19ClFNO2. The number of ether oxygens (including phenoxy) is 1. The van der Waals surface area contributed by atoms with E-state index < -0.39 is 0 Å². The summed E-state index contributed by atoms with van der Waals surface area (Å²) in [5.74, 6) is 0.436. The Hall–Kier alpha value is -2.85. The highest BCUT2D eigenvalue weighted by atomic mass is 35.5. The van der Waals surface area contributed by atoms with Crippen molar-refractivity contribution in [1.29, 1.82) is 0 Å². The van der Waals surface area contributed by atoms with Crippen molar-refractivity contribution in [3.63, 3.8) is 0 Å². The Kier molecular flexibility index (Phi) is 5.31. The normalized spacial score (nSPS) is 13.4. The molecular weight excluding hydrogens is 377 g/mol. The molecule has 0 bridgehead atoms. The van der Waals surface area contributed by atoms with Gasteiger partial charge in [-0.1, -0.05) is 41.9 Å². The van der Waals surface area contributed by atoms with Crippen LogP contribution in [0.2, 0.25) is 5.02 Å². The summed E-state index contributed by atoms with van der Waals surface area (Å²) in [5.41, 5.74) is 3.54. The van der Waals surface area contributed by atoms with Crippen molar-refractivity contribution >= 4 is 17.5 Å². The lowest BCUT2D eigenvalue weighted by Crippen LogP contribution is -2.37. The first kappa shape index (κ1) is 18.5. The number of amides is 1. The van der Waals surface area contributed by atoms with Crippen LogP contribution in [0.3, 0.4) is 0 Å². The predicted octanol–water partition coefficient (Wildman–Crippen LogP) is 5.26. The highest BCUT2D eigenvalue weighted by molar-refractivity contribution is 6.30. The Bertz CT molecular complexity index is 986. The molecule has 0 saturated carbocycles. The summed E-state index contributed by atoms with van der Waals surface area (Å²) < 4.78 is 19.1. The van der Waals surface area contributed by atoms with Crippen molar-refractivity contribution in [2.45, 2.75) is 19.6 Å². The van der Waals surface area contributed by atoms with Gasteiger partial charge in [-0.2, -0.15) is 0 Å². The molecule has 0 saturated heterocycles. The molecule has 0 radical (unpaired) electrons. The minimum absolute atomic E-state index is 0.0254. The first-order valence-corrected chi connectivity index (χ1v) is 9.51. The maximum Gasteiger partial charge on any atom is 0.254 e. The third-order valence-corrected chi connectivity index (χ3v) is 5.13. The molecule has 28 heavy (non-hydrogen) atoms. The Morgan fingerprint density at radius 3 is 2.43 bits per heavy atom. The summed E-state index contributed by atoms with van der Waals surface area (Å²) in [7, 11) is 0. The minimum Gasteiger partial charge on any atom is -0.489 e. The van der Waals surface area contributed by atoms with Gasteiger partial charge in [0, 0.05) is 29.2 Å². The lowest BCUT2D eigenvalue weighted by Gasteiger charge is -2.29. The summed E-state index contributed by atoms with van der Waals surface area (Å²) in [6.45, 7) is 1.49. The Balaban J connectivity index is 1.49. The number of benzene rings is 3. The number of nitrogens with zero attached hydrogens (tertiary/aromatic N) is 1. The SMILES string of the molecule is O=C1c2cccc(OCc3ccc(Cl)cc3)c2CCN1Cc1ccc(F)cc1. The van der Waals surface area contributed by atoms with E-state index in [9.17, 15) is 9.18 Å². The first-order chi connectivity index (χ1) is 13.6. The molecule has 4 rings (SSSR count). The van der Waals surface area contributed by atoms with Crippen LogP contribution in [0.1, 0.15) is 27.0 Å². The summed E-state index contributed by atoms with van der Waals surface area (Å²) >= 11 is 5.92. The zero-order valence-electron chi connectivity index (χ0n) is 15.2. The van der Waals surface area contributed by atoms with Crippen molar-refractivity contribution in [2.75, 3.05) is 6.54 Å². The zero-order chi connectivity index (χ0) is 19.5. The smallest absolute Gasteiger partial charge is 0.254 e. The van der Waals surface area contributed by atoms with E-state index in [1.807, 2.05) is 42.5 Å². The molecule has 0 spiro atoms. The molecule has 142 valence electrons. The monoisotopic (exact) mass is 395 g/mol. The standard InChI is InChI=1S/C23H19ClFNO2/c24-18-8-4-17(5-9-18)15-28-22-3-1-2-21-20(22)12-13-26(23(21)27)14-16-6-10-19(25)11-7-16/h1-11H,12-15H2. The van der Waals surface area contributed by atoms with Gasteiger partial charge in [0.25, 0.3) is 5.91 Å². The van der Waals surface area contributed by atoms with Crippen LogP contribution in [-0.4, -0.2) is 17.4 Å². The second-order valence-electron chi connectivity index (χ2n) is 6.80. The van der Waals surface area contributed by atoms with Gasteiger partial charge in [0.2, 0.25) is 0 Å². The van der Waals surface area contributed by atoms with Gasteiger partial charge >= 0.3 is 0 Å². The van der Waals surface area contributed by atoms with E-state index >= 15 is 0 Å². The van der Waals surface area contributed by atoms with Crippen molar-refractivity contribution in [1.82, 2.24) is 4.90 Å². The number of halogens is 2. The van der Waals surface area contributed by atoms with Crippen LogP contribution in [0.5, 0.6) is 5.75 Å². The van der Waals surface area contributed by atoms with Gasteiger partial charge in [-0.25, -0.2) is 4.39 Å². The summed E-state index contributed by atoms with van der Waals surface area (Å²) in [6.07, 6.45) is 0.721. The fraction of sp³-hybridized carbons (Fsp3) is 0.174. The van der Waals surface area contributed by atoms with E-state index in [4.69, 9.17) is 16.3 Å². The highest BCUT2D eigenvalue weighted by Gasteiger charge is 2.26. The first-order valence-electron chi connectivity index (χ1n) is 9.13. The maximum absolute atomic E-state index is 13.1. The second-order valence-corrected chi connectivity index (χ2v) is 7.24. The van der Waals surface area contributed by atoms with Crippen molar-refractivity contribution in [2.24, 2.45) is 0 Å². The van der Waals surface area contributed by atoms with Crippen LogP contribution in [0, 0.1) is 5.82 Å². The number of carbonyl (C=O) groups is 1. The second kappa shape index (κ2) is 8.03. The number of fused-ring (bicyclic) bond motifs is 1. The van der Waals surface area contributed by atoms with Crippen LogP contribution in [0.15, 0.2) is 66.7 Å². The van der Waals surface area contributed by atoms with Gasteiger partial charge in [0.05, 0.1) is 0 Å². The quantitative estimate of drug-likeness (QED) is 0.590. The van der Waals surface area contributed by atoms with Crippen molar-refractivity contribution in [3.05, 3.63) is 99.8 Å². The van der Waals surface area contributed by atoms with Gasteiger partial charge in [-0.05, 0) is 53.9 Å². The van der Waals surface area contributed by atoms with E-state index in [0.717, 1.165) is 28.9 Å². The largest absolute Gasteiger partial charge is 0.489 e. The van der Waals surface area contributed by atoms with Gasteiger partial charge in [0.15, 0.2) is 0 Å². The van der Waals surface area contributed by atoms with Gasteiger partial charge in [-0.3, -0.25) is 4.79 Å². The third kappa shape index (κ3) is 4.02. The molecule has 1 heterocycles. The molecule has 3 nitrogen and oxygen atoms in total. The molecule has 0 atom stereocenters. The van der Waals surface area contributed by atoms with Crippen LogP contribution < -0.4 is 4.74 Å². The molecule has 0 fully saturated rings. The summed E-state index contributed by atoms with van der Waals surface area (Å²) in [5, 5.41) is 0.688. The number of hydrogen-bond acceptors (Lipinski definition) is 2. The minimum atomic E-state index is -0.276. The molecule has 0 aromatic heterocycles. The summed E-state index contributed by atoms with van der Waals surface area (Å²) in [4.78, 5) is 14.7. The van der Waals surface area contributed by atoms with E-state index in [0.29, 0.717) is 30.3 Å². The molecule has 0 N–H and O–H groups in total. The lowest BCUT2D eigenvalue weighted by atomic mass is 9.97. The van der Waals surface area contributed by atoms with Crippen LogP contribution in [-0.2, 0) is 19.6 Å². The third-order valence-electron chi connectivity index (χ3n) is 4.88. The van der Waals surface area contributed by atoms with Gasteiger partial charge in [0.1, 0.15) is 18.2 Å². The average Bonchev–Trinajstić information content (AvgIpc) is 2.71. The van der Waals surface area contributed by atoms with Crippen molar-refractivity contribution in [3.8, 4) is 5.75 Å². The van der Waals surface area contributed by atoms with E-state index in [1.54, 1.807) is 17.0 Å². The maximum atomic E-state index is 13.1. The van der Waals surface area contributed by atoms with E-state index in [2.05, 4.69) is 0 Å². The molecule has 1 aliphatic rings. The highest BCUT2D eigenvalue weighted by Crippen LogP contribution is 2.29. The molecule has 1 amide bonds. The Labute approximate surface area is 168 Å². The molecule has 5 heteroatoms. The van der Waals surface area contributed by atoms with Crippen LogP contribution in [0.4, 0.5) is 4.39 Å². The number of rotatable bonds is 5. The predicted molar refractivity (Wildman–Crippen MR) is 107 cm³/mol. The fourth-order valence-corrected chi connectivity index (χ4v) is 3.51. The van der Waals surface area contributed by atoms with Crippen LogP contribution in [0.25, 0.3) is 0 Å².